The molecule has 1 aromatic rings. The van der Waals surface area contributed by atoms with Gasteiger partial charge in [0.25, 0.3) is 0 Å². The van der Waals surface area contributed by atoms with Gasteiger partial charge in [-0.15, -0.1) is 0 Å². The fourth-order valence-corrected chi connectivity index (χ4v) is 2.11. The average molecular weight is 190 g/mol. The Kier molecular flexibility index (Phi) is 2.48. The molecule has 1 saturated heterocycles. The fraction of sp³-hybridized carbons (Fsp3) is 0.455. The summed E-state index contributed by atoms with van der Waals surface area (Å²) in [4.78, 5) is 16.8. The molecule has 0 bridgehead atoms. The van der Waals surface area contributed by atoms with Gasteiger partial charge in [0.15, 0.2) is 0 Å². The maximum atomic E-state index is 10.8. The third kappa shape index (κ3) is 1.50. The van der Waals surface area contributed by atoms with Gasteiger partial charge in [0.1, 0.15) is 0 Å². The average Bonchev–Trinajstić information content (AvgIpc) is 2.66. The van der Waals surface area contributed by atoms with Crippen LogP contribution in [0.2, 0.25) is 0 Å². The van der Waals surface area contributed by atoms with Crippen LogP contribution in [0.15, 0.2) is 18.5 Å². The van der Waals surface area contributed by atoms with Gasteiger partial charge in [-0.25, -0.2) is 0 Å². The first-order valence-electron chi connectivity index (χ1n) is 4.94. The minimum absolute atomic E-state index is 0.274. The lowest BCUT2D eigenvalue weighted by molar-refractivity contribution is -0.118. The summed E-state index contributed by atoms with van der Waals surface area (Å²) in [6, 6.07) is 2.29. The minimum Gasteiger partial charge on any atom is -0.338 e. The summed E-state index contributed by atoms with van der Waals surface area (Å²) in [5, 5.41) is 0. The van der Waals surface area contributed by atoms with Crippen LogP contribution in [0.3, 0.4) is 0 Å². The van der Waals surface area contributed by atoms with Gasteiger partial charge >= 0.3 is 0 Å². The number of hydrogen-bond acceptors (Lipinski definition) is 2. The number of likely N-dealkylation sites (tertiary alicyclic amines) is 1. The van der Waals surface area contributed by atoms with E-state index in [-0.39, 0.29) is 6.04 Å². The smallest absolute Gasteiger partial charge is 0.210 e. The minimum atomic E-state index is 0.274. The van der Waals surface area contributed by atoms with Crippen LogP contribution < -0.4 is 0 Å². The van der Waals surface area contributed by atoms with Crippen LogP contribution in [0.5, 0.6) is 0 Å². The van der Waals surface area contributed by atoms with Crippen LogP contribution in [0.1, 0.15) is 30.0 Å². The zero-order chi connectivity index (χ0) is 9.97. The SMILES string of the molecule is Cc1cnccc1[C@@H]1CCCN1C=O. The predicted molar refractivity (Wildman–Crippen MR) is 53.7 cm³/mol. The van der Waals surface area contributed by atoms with E-state index in [2.05, 4.69) is 4.98 Å². The van der Waals surface area contributed by atoms with Crippen LogP contribution in [0, 0.1) is 6.92 Å². The third-order valence-electron chi connectivity index (χ3n) is 2.85. The standard InChI is InChI=1S/C11H14N2O/c1-9-7-12-5-4-10(9)11-3-2-6-13(11)8-14/h4-5,7-8,11H,2-3,6H2,1H3/t11-/m0/s1. The van der Waals surface area contributed by atoms with Gasteiger partial charge in [-0.3, -0.25) is 9.78 Å². The van der Waals surface area contributed by atoms with Crippen molar-refractivity contribution in [2.45, 2.75) is 25.8 Å². The molecule has 2 rings (SSSR count). The van der Waals surface area contributed by atoms with E-state index < -0.39 is 0 Å². The van der Waals surface area contributed by atoms with Gasteiger partial charge in [-0.1, -0.05) is 0 Å². The summed E-state index contributed by atoms with van der Waals surface area (Å²) in [7, 11) is 0. The van der Waals surface area contributed by atoms with Crippen molar-refractivity contribution in [3.63, 3.8) is 0 Å². The van der Waals surface area contributed by atoms with Crippen molar-refractivity contribution in [2.24, 2.45) is 0 Å². The molecule has 3 nitrogen and oxygen atoms in total. The molecular weight excluding hydrogens is 176 g/mol. The topological polar surface area (TPSA) is 33.2 Å². The first-order chi connectivity index (χ1) is 6.83. The zero-order valence-electron chi connectivity index (χ0n) is 8.31. The van der Waals surface area contributed by atoms with Crippen LogP contribution in [-0.2, 0) is 4.79 Å². The number of aromatic nitrogens is 1. The Bertz CT molecular complexity index is 338. The molecule has 0 unspecified atom stereocenters. The number of pyridine rings is 1. The molecular formula is C11H14N2O. The maximum Gasteiger partial charge on any atom is 0.210 e. The number of nitrogens with zero attached hydrogens (tertiary/aromatic N) is 2. The lowest BCUT2D eigenvalue weighted by Crippen LogP contribution is -2.21. The van der Waals surface area contributed by atoms with Gasteiger partial charge in [0, 0.05) is 18.9 Å². The van der Waals surface area contributed by atoms with Crippen LogP contribution >= 0.6 is 0 Å². The maximum absolute atomic E-state index is 10.8. The zero-order valence-corrected chi connectivity index (χ0v) is 8.31. The Labute approximate surface area is 83.8 Å². The Morgan fingerprint density at radius 1 is 1.64 bits per heavy atom. The van der Waals surface area contributed by atoms with Gasteiger partial charge in [-0.05, 0) is 37.0 Å². The Morgan fingerprint density at radius 2 is 2.50 bits per heavy atom. The van der Waals surface area contributed by atoms with Crippen LogP contribution in [0.25, 0.3) is 0 Å². The number of carbonyl (C=O) groups is 1. The predicted octanol–water partition coefficient (Wildman–Crippen LogP) is 1.68. The van der Waals surface area contributed by atoms with Crippen molar-refractivity contribution in [1.82, 2.24) is 9.88 Å². The molecule has 1 amide bonds. The summed E-state index contributed by atoms with van der Waals surface area (Å²) in [6.45, 7) is 2.93. The van der Waals surface area contributed by atoms with Crippen molar-refractivity contribution < 1.29 is 4.79 Å². The highest BCUT2D eigenvalue weighted by atomic mass is 16.1. The van der Waals surface area contributed by atoms with Gasteiger partial charge in [0.05, 0.1) is 6.04 Å². The van der Waals surface area contributed by atoms with Gasteiger partial charge in [-0.2, -0.15) is 0 Å². The molecule has 1 aliphatic heterocycles. The second-order valence-corrected chi connectivity index (χ2v) is 3.73. The fourth-order valence-electron chi connectivity index (χ4n) is 2.11. The molecule has 1 aliphatic rings. The van der Waals surface area contributed by atoms with E-state index in [0.29, 0.717) is 0 Å². The summed E-state index contributed by atoms with van der Waals surface area (Å²) in [6.07, 6.45) is 6.78. The van der Waals surface area contributed by atoms with Crippen molar-refractivity contribution in [3.8, 4) is 0 Å². The van der Waals surface area contributed by atoms with E-state index in [1.807, 2.05) is 24.1 Å². The third-order valence-corrected chi connectivity index (χ3v) is 2.85. The normalized spacial score (nSPS) is 21.2. The number of hydrogen-bond donors (Lipinski definition) is 0. The Hall–Kier alpha value is -1.38. The molecule has 74 valence electrons. The van der Waals surface area contributed by atoms with Crippen molar-refractivity contribution in [1.29, 1.82) is 0 Å². The van der Waals surface area contributed by atoms with Crippen molar-refractivity contribution >= 4 is 6.41 Å². The molecule has 1 fully saturated rings. The summed E-state index contributed by atoms with van der Waals surface area (Å²) in [5.74, 6) is 0. The summed E-state index contributed by atoms with van der Waals surface area (Å²) in [5.41, 5.74) is 2.41. The highest BCUT2D eigenvalue weighted by Gasteiger charge is 2.25. The Morgan fingerprint density at radius 3 is 3.21 bits per heavy atom. The van der Waals surface area contributed by atoms with Crippen LogP contribution in [-0.4, -0.2) is 22.8 Å². The van der Waals surface area contributed by atoms with E-state index in [4.69, 9.17) is 0 Å². The highest BCUT2D eigenvalue weighted by molar-refractivity contribution is 5.50. The van der Waals surface area contributed by atoms with E-state index in [9.17, 15) is 4.79 Å². The van der Waals surface area contributed by atoms with Gasteiger partial charge in [0.2, 0.25) is 6.41 Å². The Balaban J connectivity index is 2.30. The molecule has 0 spiro atoms. The number of rotatable bonds is 2. The molecule has 1 atom stereocenters. The lowest BCUT2D eigenvalue weighted by Gasteiger charge is -2.21. The highest BCUT2D eigenvalue weighted by Crippen LogP contribution is 2.31. The largest absolute Gasteiger partial charge is 0.338 e. The lowest BCUT2D eigenvalue weighted by atomic mass is 10.0. The molecule has 14 heavy (non-hydrogen) atoms. The molecule has 0 aliphatic carbocycles. The van der Waals surface area contributed by atoms with Crippen molar-refractivity contribution in [3.05, 3.63) is 29.6 Å². The molecule has 0 aromatic carbocycles. The molecule has 0 radical (unpaired) electrons. The quantitative estimate of drug-likeness (QED) is 0.665. The molecule has 3 heteroatoms. The molecule has 0 N–H and O–H groups in total. The number of carbonyl (C=O) groups excluding carboxylic acids is 1. The van der Waals surface area contributed by atoms with Crippen LogP contribution in [0.4, 0.5) is 0 Å². The first-order valence-corrected chi connectivity index (χ1v) is 4.94. The second kappa shape index (κ2) is 3.78. The van der Waals surface area contributed by atoms with Crippen molar-refractivity contribution in [2.75, 3.05) is 6.54 Å². The molecule has 0 saturated carbocycles. The van der Waals surface area contributed by atoms with Gasteiger partial charge < -0.3 is 4.90 Å². The van der Waals surface area contributed by atoms with E-state index in [1.165, 1.54) is 11.1 Å². The number of amides is 1. The molecule has 1 aromatic heterocycles. The number of aryl methyl sites for hydroxylation is 1. The van der Waals surface area contributed by atoms with E-state index in [1.54, 1.807) is 6.20 Å². The summed E-state index contributed by atoms with van der Waals surface area (Å²) < 4.78 is 0. The monoisotopic (exact) mass is 190 g/mol. The summed E-state index contributed by atoms with van der Waals surface area (Å²) >= 11 is 0. The van der Waals surface area contributed by atoms with E-state index in [0.717, 1.165) is 25.8 Å². The second-order valence-electron chi connectivity index (χ2n) is 3.73. The molecule has 2 heterocycles. The van der Waals surface area contributed by atoms with E-state index >= 15 is 0 Å². The first kappa shape index (κ1) is 9.19.